The van der Waals surface area contributed by atoms with Crippen LogP contribution in [0.25, 0.3) is 0 Å². The first-order valence-corrected chi connectivity index (χ1v) is 3.95. The maximum absolute atomic E-state index is 12.2. The average molecular weight is 168 g/mol. The van der Waals surface area contributed by atoms with Gasteiger partial charge in [-0.15, -0.1) is 0 Å². The molecule has 0 radical (unpaired) electrons. The van der Waals surface area contributed by atoms with Crippen LogP contribution in [0.15, 0.2) is 24.3 Å². The molecule has 0 aliphatic rings. The zero-order valence-electron chi connectivity index (χ0n) is 7.38. The molecule has 0 unspecified atom stereocenters. The number of hydrogen-bond acceptors (Lipinski definition) is 1. The van der Waals surface area contributed by atoms with Gasteiger partial charge in [-0.1, -0.05) is 32.4 Å². The van der Waals surface area contributed by atoms with Gasteiger partial charge in [-0.2, -0.15) is 0 Å². The third-order valence-electron chi connectivity index (χ3n) is 0.985. The summed E-state index contributed by atoms with van der Waals surface area (Å²) in [5.74, 6) is -0.375. The van der Waals surface area contributed by atoms with Crippen LogP contribution in [0.3, 0.4) is 0 Å². The van der Waals surface area contributed by atoms with E-state index in [0.717, 1.165) is 0 Å². The largest absolute Gasteiger partial charge is 0.298 e. The van der Waals surface area contributed by atoms with Crippen molar-refractivity contribution >= 4 is 6.29 Å². The van der Waals surface area contributed by atoms with Crippen LogP contribution < -0.4 is 0 Å². The van der Waals surface area contributed by atoms with E-state index >= 15 is 0 Å². The Balaban J connectivity index is 0.000000354. The molecule has 0 fully saturated rings. The topological polar surface area (TPSA) is 17.1 Å². The Morgan fingerprint density at radius 2 is 2.00 bits per heavy atom. The van der Waals surface area contributed by atoms with E-state index in [1.807, 2.05) is 0 Å². The van der Waals surface area contributed by atoms with Crippen molar-refractivity contribution in [3.63, 3.8) is 0 Å². The second kappa shape index (κ2) is 6.53. The molecule has 0 saturated carbocycles. The fourth-order valence-electron chi connectivity index (χ4n) is 0.580. The summed E-state index contributed by atoms with van der Waals surface area (Å²) >= 11 is 0. The third kappa shape index (κ3) is 4.61. The molecule has 1 aromatic carbocycles. The third-order valence-corrected chi connectivity index (χ3v) is 0.985. The first kappa shape index (κ1) is 10.8. The summed E-state index contributed by atoms with van der Waals surface area (Å²) in [6, 6.07) is 5.54. The summed E-state index contributed by atoms with van der Waals surface area (Å²) in [5, 5.41) is 0. The van der Waals surface area contributed by atoms with Crippen molar-refractivity contribution < 1.29 is 9.18 Å². The van der Waals surface area contributed by atoms with Crippen LogP contribution in [0.1, 0.15) is 30.6 Å². The van der Waals surface area contributed by atoms with E-state index < -0.39 is 0 Å². The summed E-state index contributed by atoms with van der Waals surface area (Å²) in [4.78, 5) is 9.99. The number of hydrogen-bond donors (Lipinski definition) is 0. The number of halogens is 1. The molecule has 0 atom stereocenters. The van der Waals surface area contributed by atoms with E-state index in [-0.39, 0.29) is 5.82 Å². The van der Waals surface area contributed by atoms with Gasteiger partial charge in [0.1, 0.15) is 12.1 Å². The molecule has 0 amide bonds. The second-order valence-electron chi connectivity index (χ2n) is 2.38. The van der Waals surface area contributed by atoms with Gasteiger partial charge in [0.25, 0.3) is 0 Å². The summed E-state index contributed by atoms with van der Waals surface area (Å²) in [6.07, 6.45) is 1.86. The lowest BCUT2D eigenvalue weighted by Crippen LogP contribution is -1.79. The van der Waals surface area contributed by atoms with Gasteiger partial charge in [0.05, 0.1) is 0 Å². The van der Waals surface area contributed by atoms with Gasteiger partial charge < -0.3 is 0 Å². The Morgan fingerprint density at radius 3 is 2.33 bits per heavy atom. The van der Waals surface area contributed by atoms with Crippen molar-refractivity contribution in [3.8, 4) is 0 Å². The Morgan fingerprint density at radius 1 is 1.42 bits per heavy atom. The van der Waals surface area contributed by atoms with Crippen molar-refractivity contribution in [2.75, 3.05) is 0 Å². The monoisotopic (exact) mass is 168 g/mol. The highest BCUT2D eigenvalue weighted by Crippen LogP contribution is 1.99. The Bertz CT molecular complexity index is 233. The summed E-state index contributed by atoms with van der Waals surface area (Å²) < 4.78 is 12.2. The molecule has 0 bridgehead atoms. The molecule has 0 aromatic heterocycles. The van der Waals surface area contributed by atoms with Crippen LogP contribution in [0.4, 0.5) is 4.39 Å². The van der Waals surface area contributed by atoms with Crippen LogP contribution in [0.5, 0.6) is 0 Å². The maximum atomic E-state index is 12.2. The van der Waals surface area contributed by atoms with E-state index in [1.165, 1.54) is 24.6 Å². The van der Waals surface area contributed by atoms with Crippen LogP contribution in [0.2, 0.25) is 0 Å². The summed E-state index contributed by atoms with van der Waals surface area (Å²) in [6.45, 7) is 4.25. The molecular formula is C10H13FO. The van der Waals surface area contributed by atoms with Crippen molar-refractivity contribution in [2.45, 2.75) is 20.3 Å². The predicted molar refractivity (Wildman–Crippen MR) is 47.8 cm³/mol. The molecule has 12 heavy (non-hydrogen) atoms. The molecule has 0 spiro atoms. The summed E-state index contributed by atoms with van der Waals surface area (Å²) in [7, 11) is 0. The van der Waals surface area contributed by atoms with Crippen molar-refractivity contribution in [2.24, 2.45) is 0 Å². The van der Waals surface area contributed by atoms with Gasteiger partial charge >= 0.3 is 0 Å². The fourth-order valence-corrected chi connectivity index (χ4v) is 0.580. The number of aldehydes is 1. The normalized spacial score (nSPS) is 8.25. The lowest BCUT2D eigenvalue weighted by Gasteiger charge is -1.86. The van der Waals surface area contributed by atoms with Gasteiger partial charge in [0, 0.05) is 5.56 Å². The van der Waals surface area contributed by atoms with E-state index in [4.69, 9.17) is 0 Å². The molecule has 1 aromatic rings. The van der Waals surface area contributed by atoms with Crippen LogP contribution in [-0.4, -0.2) is 6.29 Å². The molecule has 0 aliphatic carbocycles. The minimum absolute atomic E-state index is 0.370. The maximum Gasteiger partial charge on any atom is 0.150 e. The quantitative estimate of drug-likeness (QED) is 0.589. The van der Waals surface area contributed by atoms with Gasteiger partial charge in [-0.05, 0) is 12.1 Å². The molecule has 1 nitrogen and oxygen atoms in total. The zero-order valence-corrected chi connectivity index (χ0v) is 7.38. The average Bonchev–Trinajstić information content (AvgIpc) is 2.06. The first-order valence-electron chi connectivity index (χ1n) is 3.95. The second-order valence-corrected chi connectivity index (χ2v) is 2.38. The lowest BCUT2D eigenvalue weighted by molar-refractivity contribution is 0.112. The van der Waals surface area contributed by atoms with E-state index in [0.29, 0.717) is 11.8 Å². The fraction of sp³-hybridized carbons (Fsp3) is 0.300. The number of carbonyl (C=O) groups excluding carboxylic acids is 1. The smallest absolute Gasteiger partial charge is 0.150 e. The van der Waals surface area contributed by atoms with Crippen LogP contribution >= 0.6 is 0 Å². The highest BCUT2D eigenvalue weighted by Gasteiger charge is 1.89. The number of benzene rings is 1. The number of carbonyl (C=O) groups is 1. The van der Waals surface area contributed by atoms with Crippen molar-refractivity contribution in [1.82, 2.24) is 0 Å². The Kier molecular flexibility index (Phi) is 5.88. The van der Waals surface area contributed by atoms with E-state index in [2.05, 4.69) is 13.8 Å². The summed E-state index contributed by atoms with van der Waals surface area (Å²) in [5.41, 5.74) is 0.370. The van der Waals surface area contributed by atoms with Crippen molar-refractivity contribution in [1.29, 1.82) is 0 Å². The molecule has 1 rings (SSSR count). The van der Waals surface area contributed by atoms with E-state index in [1.54, 1.807) is 6.07 Å². The lowest BCUT2D eigenvalue weighted by atomic mass is 10.2. The van der Waals surface area contributed by atoms with Gasteiger partial charge in [0.2, 0.25) is 0 Å². The van der Waals surface area contributed by atoms with Gasteiger partial charge in [-0.25, -0.2) is 4.39 Å². The minimum Gasteiger partial charge on any atom is -0.298 e. The van der Waals surface area contributed by atoms with Crippen LogP contribution in [-0.2, 0) is 0 Å². The number of rotatable bonds is 1. The van der Waals surface area contributed by atoms with Crippen molar-refractivity contribution in [3.05, 3.63) is 35.6 Å². The SMILES string of the molecule is CCC.O=Cc1cccc(F)c1. The Labute approximate surface area is 72.2 Å². The molecular weight excluding hydrogens is 155 g/mol. The van der Waals surface area contributed by atoms with Gasteiger partial charge in [0.15, 0.2) is 0 Å². The Hall–Kier alpha value is -1.18. The molecule has 0 heterocycles. The molecule has 2 heteroatoms. The molecule has 66 valence electrons. The highest BCUT2D eigenvalue weighted by molar-refractivity contribution is 5.74. The molecule has 0 N–H and O–H groups in total. The highest BCUT2D eigenvalue weighted by atomic mass is 19.1. The first-order chi connectivity index (χ1) is 5.74. The predicted octanol–water partition coefficient (Wildman–Crippen LogP) is 3.05. The van der Waals surface area contributed by atoms with Crippen LogP contribution in [0, 0.1) is 5.82 Å². The zero-order chi connectivity index (χ0) is 9.40. The van der Waals surface area contributed by atoms with E-state index in [9.17, 15) is 9.18 Å². The molecule has 0 saturated heterocycles. The molecule has 0 aliphatic heterocycles. The standard InChI is InChI=1S/C7H5FO.C3H8/c8-7-3-1-2-6(4-7)5-9;1-3-2/h1-5H;3H2,1-2H3. The minimum atomic E-state index is -0.375. The van der Waals surface area contributed by atoms with Gasteiger partial charge in [-0.3, -0.25) is 4.79 Å².